The number of hydrogen-bond donors (Lipinski definition) is 3. The first kappa shape index (κ1) is 11.7. The molecule has 1 aromatic heterocycles. The SMILES string of the molecule is Cc1[nH]ncc1C(=O)NC(C)(C)C(C)N. The van der Waals surface area contributed by atoms with E-state index in [0.717, 1.165) is 5.69 Å². The smallest absolute Gasteiger partial charge is 0.255 e. The Hall–Kier alpha value is -1.36. The maximum absolute atomic E-state index is 11.8. The molecule has 15 heavy (non-hydrogen) atoms. The molecule has 0 fully saturated rings. The normalized spacial score (nSPS) is 13.7. The first-order valence-electron chi connectivity index (χ1n) is 4.92. The number of aryl methyl sites for hydroxylation is 1. The van der Waals surface area contributed by atoms with Crippen molar-refractivity contribution in [1.82, 2.24) is 15.5 Å². The van der Waals surface area contributed by atoms with Gasteiger partial charge in [-0.15, -0.1) is 0 Å². The number of rotatable bonds is 3. The van der Waals surface area contributed by atoms with Crippen LogP contribution in [0.2, 0.25) is 0 Å². The quantitative estimate of drug-likeness (QED) is 0.682. The van der Waals surface area contributed by atoms with Crippen molar-refractivity contribution in [2.45, 2.75) is 39.3 Å². The van der Waals surface area contributed by atoms with E-state index < -0.39 is 5.54 Å². The summed E-state index contributed by atoms with van der Waals surface area (Å²) in [6.07, 6.45) is 1.52. The van der Waals surface area contributed by atoms with E-state index in [0.29, 0.717) is 5.56 Å². The van der Waals surface area contributed by atoms with Gasteiger partial charge in [-0.2, -0.15) is 5.10 Å². The minimum atomic E-state index is -0.430. The molecule has 1 aromatic rings. The molecule has 0 radical (unpaired) electrons. The van der Waals surface area contributed by atoms with Gasteiger partial charge in [-0.05, 0) is 27.7 Å². The van der Waals surface area contributed by atoms with Crippen LogP contribution in [0.3, 0.4) is 0 Å². The van der Waals surface area contributed by atoms with Crippen molar-refractivity contribution in [1.29, 1.82) is 0 Å². The number of aromatic amines is 1. The van der Waals surface area contributed by atoms with E-state index in [1.54, 1.807) is 6.92 Å². The van der Waals surface area contributed by atoms with Gasteiger partial charge in [-0.1, -0.05) is 0 Å². The molecule has 0 saturated carbocycles. The van der Waals surface area contributed by atoms with E-state index in [9.17, 15) is 4.79 Å². The van der Waals surface area contributed by atoms with E-state index in [2.05, 4.69) is 15.5 Å². The molecule has 4 N–H and O–H groups in total. The Bertz CT molecular complexity index is 354. The molecule has 5 nitrogen and oxygen atoms in total. The highest BCUT2D eigenvalue weighted by atomic mass is 16.1. The molecule has 0 aliphatic carbocycles. The molecule has 0 bridgehead atoms. The van der Waals surface area contributed by atoms with Crippen molar-refractivity contribution in [3.63, 3.8) is 0 Å². The largest absolute Gasteiger partial charge is 0.346 e. The summed E-state index contributed by atoms with van der Waals surface area (Å²) in [4.78, 5) is 11.8. The number of H-pyrrole nitrogens is 1. The molecule has 1 rings (SSSR count). The van der Waals surface area contributed by atoms with Crippen LogP contribution < -0.4 is 11.1 Å². The van der Waals surface area contributed by atoms with E-state index in [4.69, 9.17) is 5.73 Å². The van der Waals surface area contributed by atoms with Gasteiger partial charge >= 0.3 is 0 Å². The average molecular weight is 210 g/mol. The summed E-state index contributed by atoms with van der Waals surface area (Å²) >= 11 is 0. The fourth-order valence-corrected chi connectivity index (χ4v) is 1.05. The maximum atomic E-state index is 11.8. The van der Waals surface area contributed by atoms with Gasteiger partial charge in [0.15, 0.2) is 0 Å². The molecule has 0 aromatic carbocycles. The number of nitrogens with one attached hydrogen (secondary N) is 2. The molecular formula is C10H18N4O. The van der Waals surface area contributed by atoms with Crippen molar-refractivity contribution in [2.24, 2.45) is 5.73 Å². The molecule has 0 aliphatic rings. The number of hydrogen-bond acceptors (Lipinski definition) is 3. The third kappa shape index (κ3) is 2.56. The summed E-state index contributed by atoms with van der Waals surface area (Å²) in [6, 6.07) is -0.117. The predicted octanol–water partition coefficient (Wildman–Crippen LogP) is 0.574. The Kier molecular flexibility index (Phi) is 3.14. The predicted molar refractivity (Wildman–Crippen MR) is 58.5 cm³/mol. The summed E-state index contributed by atoms with van der Waals surface area (Å²) in [6.45, 7) is 7.46. The third-order valence-electron chi connectivity index (χ3n) is 2.65. The minimum absolute atomic E-state index is 0.117. The Morgan fingerprint density at radius 3 is 2.67 bits per heavy atom. The lowest BCUT2D eigenvalue weighted by atomic mass is 9.96. The fourth-order valence-electron chi connectivity index (χ4n) is 1.05. The highest BCUT2D eigenvalue weighted by Crippen LogP contribution is 2.09. The van der Waals surface area contributed by atoms with Crippen LogP contribution in [0.25, 0.3) is 0 Å². The first-order chi connectivity index (χ1) is 6.84. The zero-order valence-electron chi connectivity index (χ0n) is 9.59. The van der Waals surface area contributed by atoms with E-state index >= 15 is 0 Å². The van der Waals surface area contributed by atoms with Crippen LogP contribution in [-0.4, -0.2) is 27.7 Å². The van der Waals surface area contributed by atoms with Gasteiger partial charge in [-0.25, -0.2) is 0 Å². The van der Waals surface area contributed by atoms with Gasteiger partial charge in [0.25, 0.3) is 5.91 Å². The van der Waals surface area contributed by atoms with Crippen LogP contribution >= 0.6 is 0 Å². The van der Waals surface area contributed by atoms with Gasteiger partial charge in [0, 0.05) is 17.3 Å². The Labute approximate surface area is 89.4 Å². The zero-order chi connectivity index (χ0) is 11.6. The third-order valence-corrected chi connectivity index (χ3v) is 2.65. The van der Waals surface area contributed by atoms with Crippen molar-refractivity contribution >= 4 is 5.91 Å². The maximum Gasteiger partial charge on any atom is 0.255 e. The average Bonchev–Trinajstić information content (AvgIpc) is 2.50. The number of carbonyl (C=O) groups excluding carboxylic acids is 1. The molecule has 1 atom stereocenters. The van der Waals surface area contributed by atoms with Crippen LogP contribution in [-0.2, 0) is 0 Å². The molecule has 1 amide bonds. The van der Waals surface area contributed by atoms with Crippen LogP contribution in [0.15, 0.2) is 6.20 Å². The second-order valence-electron chi connectivity index (χ2n) is 4.37. The molecule has 1 heterocycles. The lowest BCUT2D eigenvalue weighted by Gasteiger charge is -2.30. The Morgan fingerprint density at radius 1 is 1.67 bits per heavy atom. The monoisotopic (exact) mass is 210 g/mol. The van der Waals surface area contributed by atoms with Gasteiger partial charge in [0.1, 0.15) is 0 Å². The number of nitrogens with two attached hydrogens (primary N) is 1. The number of nitrogens with zero attached hydrogens (tertiary/aromatic N) is 1. The van der Waals surface area contributed by atoms with Crippen molar-refractivity contribution in [3.8, 4) is 0 Å². The van der Waals surface area contributed by atoms with E-state index in [-0.39, 0.29) is 11.9 Å². The molecule has 0 aliphatic heterocycles. The van der Waals surface area contributed by atoms with Gasteiger partial charge < -0.3 is 11.1 Å². The number of carbonyl (C=O) groups is 1. The summed E-state index contributed by atoms with van der Waals surface area (Å²) in [5.41, 5.74) is 6.66. The van der Waals surface area contributed by atoms with Gasteiger partial charge in [0.05, 0.1) is 11.8 Å². The highest BCUT2D eigenvalue weighted by molar-refractivity contribution is 5.95. The van der Waals surface area contributed by atoms with Crippen molar-refractivity contribution in [3.05, 3.63) is 17.5 Å². The van der Waals surface area contributed by atoms with Crippen LogP contribution in [0, 0.1) is 6.92 Å². The van der Waals surface area contributed by atoms with Crippen LogP contribution in [0.1, 0.15) is 36.8 Å². The summed E-state index contributed by atoms with van der Waals surface area (Å²) in [5.74, 6) is -0.149. The second-order valence-corrected chi connectivity index (χ2v) is 4.37. The number of amides is 1. The molecule has 0 spiro atoms. The van der Waals surface area contributed by atoms with Crippen molar-refractivity contribution in [2.75, 3.05) is 0 Å². The molecule has 5 heteroatoms. The van der Waals surface area contributed by atoms with Crippen LogP contribution in [0.5, 0.6) is 0 Å². The molecule has 0 saturated heterocycles. The van der Waals surface area contributed by atoms with Crippen molar-refractivity contribution < 1.29 is 4.79 Å². The lowest BCUT2D eigenvalue weighted by Crippen LogP contribution is -2.54. The summed E-state index contributed by atoms with van der Waals surface area (Å²) < 4.78 is 0. The highest BCUT2D eigenvalue weighted by Gasteiger charge is 2.26. The second kappa shape index (κ2) is 4.02. The fraction of sp³-hybridized carbons (Fsp3) is 0.600. The number of aromatic nitrogens is 2. The summed E-state index contributed by atoms with van der Waals surface area (Å²) in [7, 11) is 0. The topological polar surface area (TPSA) is 83.8 Å². The Balaban J connectivity index is 2.77. The minimum Gasteiger partial charge on any atom is -0.346 e. The lowest BCUT2D eigenvalue weighted by molar-refractivity contribution is 0.0903. The standard InChI is InChI=1S/C10H18N4O/c1-6-8(5-12-14-6)9(15)13-10(3,4)7(2)11/h5,7H,11H2,1-4H3,(H,12,14)(H,13,15). The first-order valence-corrected chi connectivity index (χ1v) is 4.92. The van der Waals surface area contributed by atoms with E-state index in [1.807, 2.05) is 20.8 Å². The molecule has 1 unspecified atom stereocenters. The molecule has 84 valence electrons. The van der Waals surface area contributed by atoms with Gasteiger partial charge in [0.2, 0.25) is 0 Å². The van der Waals surface area contributed by atoms with Gasteiger partial charge in [-0.3, -0.25) is 9.89 Å². The van der Waals surface area contributed by atoms with E-state index in [1.165, 1.54) is 6.20 Å². The Morgan fingerprint density at radius 2 is 2.27 bits per heavy atom. The summed E-state index contributed by atoms with van der Waals surface area (Å²) in [5, 5.41) is 9.40. The zero-order valence-corrected chi connectivity index (χ0v) is 9.59. The molecular weight excluding hydrogens is 192 g/mol. The van der Waals surface area contributed by atoms with Crippen LogP contribution in [0.4, 0.5) is 0 Å².